The van der Waals surface area contributed by atoms with Crippen molar-refractivity contribution >= 4 is 11.7 Å². The Morgan fingerprint density at radius 3 is 2.16 bits per heavy atom. The largest absolute Gasteiger partial charge is 0.497 e. The van der Waals surface area contributed by atoms with Crippen LogP contribution >= 0.6 is 0 Å². The highest BCUT2D eigenvalue weighted by molar-refractivity contribution is 5.81. The van der Waals surface area contributed by atoms with E-state index in [2.05, 4.69) is 15.1 Å². The molecule has 0 radical (unpaired) electrons. The molecule has 1 fully saturated rings. The third kappa shape index (κ3) is 4.96. The number of nitrogens with zero attached hydrogens (tertiary/aromatic N) is 4. The van der Waals surface area contributed by atoms with Crippen LogP contribution in [-0.2, 0) is 4.79 Å². The van der Waals surface area contributed by atoms with Gasteiger partial charge in [-0.15, -0.1) is 10.2 Å². The van der Waals surface area contributed by atoms with E-state index in [0.717, 1.165) is 22.8 Å². The van der Waals surface area contributed by atoms with Crippen LogP contribution in [0.2, 0.25) is 0 Å². The summed E-state index contributed by atoms with van der Waals surface area (Å²) in [5.74, 6) is 1.62. The number of ether oxygens (including phenoxy) is 2. The molecule has 166 valence electrons. The average molecular weight is 436 g/mol. The lowest BCUT2D eigenvalue weighted by Crippen LogP contribution is -2.52. The zero-order valence-electron chi connectivity index (χ0n) is 18.1. The SMILES string of the molecule is COc1ccc(-c2ccc(N3CCN(C(=O)C(C)Oc4ccc(F)cc4)CC3)nn2)cc1. The first kappa shape index (κ1) is 21.5. The molecular formula is C24H25FN4O3. The summed E-state index contributed by atoms with van der Waals surface area (Å²) in [6.07, 6.45) is -0.643. The summed E-state index contributed by atoms with van der Waals surface area (Å²) in [5.41, 5.74) is 1.76. The number of halogens is 1. The van der Waals surface area contributed by atoms with Gasteiger partial charge in [0, 0.05) is 31.7 Å². The van der Waals surface area contributed by atoms with Crippen molar-refractivity contribution in [3.63, 3.8) is 0 Å². The van der Waals surface area contributed by atoms with E-state index in [4.69, 9.17) is 9.47 Å². The molecule has 7 nitrogen and oxygen atoms in total. The zero-order chi connectivity index (χ0) is 22.5. The summed E-state index contributed by atoms with van der Waals surface area (Å²) in [7, 11) is 1.64. The summed E-state index contributed by atoms with van der Waals surface area (Å²) in [6, 6.07) is 17.2. The van der Waals surface area contributed by atoms with E-state index < -0.39 is 6.10 Å². The normalized spacial score (nSPS) is 14.7. The van der Waals surface area contributed by atoms with Crippen LogP contribution in [-0.4, -0.2) is 60.4 Å². The van der Waals surface area contributed by atoms with Crippen LogP contribution in [0.5, 0.6) is 11.5 Å². The van der Waals surface area contributed by atoms with Crippen molar-refractivity contribution in [3.8, 4) is 22.8 Å². The molecule has 8 heteroatoms. The molecule has 1 atom stereocenters. The molecule has 1 amide bonds. The standard InChI is InChI=1S/C24H25FN4O3/c1-17(32-21-9-5-19(25)6-10-21)24(30)29-15-13-28(14-16-29)23-12-11-22(26-27-23)18-3-7-20(31-2)8-4-18/h3-12,17H,13-16H2,1-2H3. The molecule has 32 heavy (non-hydrogen) atoms. The lowest BCUT2D eigenvalue weighted by atomic mass is 10.1. The highest BCUT2D eigenvalue weighted by Gasteiger charge is 2.26. The highest BCUT2D eigenvalue weighted by atomic mass is 19.1. The maximum Gasteiger partial charge on any atom is 0.263 e. The van der Waals surface area contributed by atoms with Crippen molar-refractivity contribution < 1.29 is 18.7 Å². The lowest BCUT2D eigenvalue weighted by Gasteiger charge is -2.36. The topological polar surface area (TPSA) is 67.8 Å². The predicted molar refractivity (Wildman–Crippen MR) is 119 cm³/mol. The maximum atomic E-state index is 13.0. The van der Waals surface area contributed by atoms with E-state index in [-0.39, 0.29) is 11.7 Å². The zero-order valence-corrected chi connectivity index (χ0v) is 18.1. The fourth-order valence-electron chi connectivity index (χ4n) is 3.59. The molecule has 2 heterocycles. The fraction of sp³-hybridized carbons (Fsp3) is 0.292. The van der Waals surface area contributed by atoms with Gasteiger partial charge < -0.3 is 19.3 Å². The van der Waals surface area contributed by atoms with Gasteiger partial charge in [-0.1, -0.05) is 0 Å². The summed E-state index contributed by atoms with van der Waals surface area (Å²) < 4.78 is 23.9. The second-order valence-corrected chi connectivity index (χ2v) is 7.53. The molecule has 0 spiro atoms. The number of aromatic nitrogens is 2. The first-order valence-corrected chi connectivity index (χ1v) is 10.5. The smallest absolute Gasteiger partial charge is 0.263 e. The molecule has 2 aromatic carbocycles. The van der Waals surface area contributed by atoms with Crippen LogP contribution in [0.25, 0.3) is 11.3 Å². The van der Waals surface area contributed by atoms with Gasteiger partial charge in [-0.2, -0.15) is 0 Å². The van der Waals surface area contributed by atoms with Crippen molar-refractivity contribution in [2.24, 2.45) is 0 Å². The molecule has 0 N–H and O–H groups in total. The van der Waals surface area contributed by atoms with Gasteiger partial charge in [-0.25, -0.2) is 4.39 Å². The Bertz CT molecular complexity index is 1030. The first-order valence-electron chi connectivity index (χ1n) is 10.5. The van der Waals surface area contributed by atoms with Gasteiger partial charge in [-0.3, -0.25) is 4.79 Å². The average Bonchev–Trinajstić information content (AvgIpc) is 2.85. The van der Waals surface area contributed by atoms with Gasteiger partial charge in [0.2, 0.25) is 0 Å². The van der Waals surface area contributed by atoms with Crippen molar-refractivity contribution in [1.29, 1.82) is 0 Å². The number of benzene rings is 2. The van der Waals surface area contributed by atoms with Crippen LogP contribution in [0.4, 0.5) is 10.2 Å². The Morgan fingerprint density at radius 2 is 1.56 bits per heavy atom. The Morgan fingerprint density at radius 1 is 0.906 bits per heavy atom. The van der Waals surface area contributed by atoms with Crippen LogP contribution in [0.3, 0.4) is 0 Å². The van der Waals surface area contributed by atoms with Crippen molar-refractivity contribution in [1.82, 2.24) is 15.1 Å². The molecule has 0 aliphatic carbocycles. The third-order valence-corrected chi connectivity index (χ3v) is 5.43. The van der Waals surface area contributed by atoms with E-state index in [1.54, 1.807) is 18.9 Å². The van der Waals surface area contributed by atoms with Gasteiger partial charge in [-0.05, 0) is 67.6 Å². The van der Waals surface area contributed by atoms with Gasteiger partial charge in [0.25, 0.3) is 5.91 Å². The van der Waals surface area contributed by atoms with E-state index in [9.17, 15) is 9.18 Å². The lowest BCUT2D eigenvalue weighted by molar-refractivity contribution is -0.138. The van der Waals surface area contributed by atoms with Gasteiger partial charge in [0.1, 0.15) is 17.3 Å². The molecular weight excluding hydrogens is 411 g/mol. The van der Waals surface area contributed by atoms with Crippen molar-refractivity contribution in [2.45, 2.75) is 13.0 Å². The van der Waals surface area contributed by atoms with Crippen LogP contribution < -0.4 is 14.4 Å². The summed E-state index contributed by atoms with van der Waals surface area (Å²) >= 11 is 0. The monoisotopic (exact) mass is 436 g/mol. The second-order valence-electron chi connectivity index (χ2n) is 7.53. The Hall–Kier alpha value is -3.68. The quantitative estimate of drug-likeness (QED) is 0.590. The minimum absolute atomic E-state index is 0.0880. The summed E-state index contributed by atoms with van der Waals surface area (Å²) in [6.45, 7) is 4.16. The van der Waals surface area contributed by atoms with E-state index in [0.29, 0.717) is 31.9 Å². The fourth-order valence-corrected chi connectivity index (χ4v) is 3.59. The Kier molecular flexibility index (Phi) is 6.49. The summed E-state index contributed by atoms with van der Waals surface area (Å²) in [5, 5.41) is 8.73. The predicted octanol–water partition coefficient (Wildman–Crippen LogP) is 3.41. The van der Waals surface area contributed by atoms with E-state index in [1.807, 2.05) is 36.4 Å². The number of carbonyl (C=O) groups is 1. The van der Waals surface area contributed by atoms with Gasteiger partial charge >= 0.3 is 0 Å². The molecule has 0 bridgehead atoms. The minimum atomic E-state index is -0.643. The van der Waals surface area contributed by atoms with Gasteiger partial charge in [0.05, 0.1) is 12.8 Å². The third-order valence-electron chi connectivity index (χ3n) is 5.43. The minimum Gasteiger partial charge on any atom is -0.497 e. The number of piperazine rings is 1. The maximum absolute atomic E-state index is 13.0. The molecule has 1 aromatic heterocycles. The van der Waals surface area contributed by atoms with Crippen LogP contribution in [0.15, 0.2) is 60.7 Å². The molecule has 1 saturated heterocycles. The number of hydrogen-bond acceptors (Lipinski definition) is 6. The number of anilines is 1. The number of carbonyl (C=O) groups excluding carboxylic acids is 1. The highest BCUT2D eigenvalue weighted by Crippen LogP contribution is 2.22. The number of hydrogen-bond donors (Lipinski definition) is 0. The molecule has 4 rings (SSSR count). The Balaban J connectivity index is 1.31. The summed E-state index contributed by atoms with van der Waals surface area (Å²) in [4.78, 5) is 16.6. The van der Waals surface area contributed by atoms with Crippen molar-refractivity contribution in [2.75, 3.05) is 38.2 Å². The van der Waals surface area contributed by atoms with E-state index in [1.165, 1.54) is 24.3 Å². The second kappa shape index (κ2) is 9.64. The molecule has 0 saturated carbocycles. The number of amides is 1. The molecule has 1 aliphatic rings. The molecule has 3 aromatic rings. The molecule has 1 aliphatic heterocycles. The molecule has 1 unspecified atom stereocenters. The first-order chi connectivity index (χ1) is 15.5. The van der Waals surface area contributed by atoms with Crippen LogP contribution in [0, 0.1) is 5.82 Å². The van der Waals surface area contributed by atoms with Crippen molar-refractivity contribution in [3.05, 3.63) is 66.5 Å². The number of methoxy groups -OCH3 is 1. The Labute approximate surface area is 186 Å². The van der Waals surface area contributed by atoms with Gasteiger partial charge in [0.15, 0.2) is 11.9 Å². The number of rotatable bonds is 6. The van der Waals surface area contributed by atoms with Crippen LogP contribution in [0.1, 0.15) is 6.92 Å². The van der Waals surface area contributed by atoms with E-state index >= 15 is 0 Å².